The number of anilines is 2. The molecule has 1 aliphatic heterocycles. The fourth-order valence-electron chi connectivity index (χ4n) is 4.00. The topological polar surface area (TPSA) is 81.8 Å². The zero-order valence-corrected chi connectivity index (χ0v) is 21.8. The summed E-state index contributed by atoms with van der Waals surface area (Å²) in [6.45, 7) is 12.3. The van der Waals surface area contributed by atoms with Crippen molar-refractivity contribution in [2.45, 2.75) is 50.8 Å². The highest BCUT2D eigenvalue weighted by atomic mass is 32.2. The highest BCUT2D eigenvalue weighted by Crippen LogP contribution is 2.28. The Bertz CT molecular complexity index is 1090. The second-order valence-electron chi connectivity index (χ2n) is 9.93. The van der Waals surface area contributed by atoms with Crippen molar-refractivity contribution < 1.29 is 13.2 Å². The normalized spacial score (nSPS) is 14.7. The first kappa shape index (κ1) is 26.0. The molecule has 1 aliphatic rings. The summed E-state index contributed by atoms with van der Waals surface area (Å²) in [5.74, 6) is -0.0995. The second kappa shape index (κ2) is 10.8. The highest BCUT2D eigenvalue weighted by Gasteiger charge is 2.23. The van der Waals surface area contributed by atoms with Gasteiger partial charge in [0.25, 0.3) is 15.9 Å². The summed E-state index contributed by atoms with van der Waals surface area (Å²) in [6.07, 6.45) is 1.91. The molecule has 1 heterocycles. The number of piperazine rings is 1. The minimum atomic E-state index is -3.79. The molecule has 0 saturated carbocycles. The molecular formula is C26H38N4O3S. The Morgan fingerprint density at radius 3 is 2.32 bits per heavy atom. The van der Waals surface area contributed by atoms with Gasteiger partial charge in [-0.3, -0.25) is 9.52 Å². The molecule has 0 atom stereocenters. The van der Waals surface area contributed by atoms with Gasteiger partial charge in [0.1, 0.15) is 0 Å². The van der Waals surface area contributed by atoms with Crippen LogP contribution in [-0.2, 0) is 15.4 Å². The summed E-state index contributed by atoms with van der Waals surface area (Å²) in [6, 6.07) is 12.2. The van der Waals surface area contributed by atoms with E-state index >= 15 is 0 Å². The second-order valence-corrected chi connectivity index (χ2v) is 11.6. The maximum atomic E-state index is 13.3. The number of nitrogens with one attached hydrogen (secondary N) is 2. The van der Waals surface area contributed by atoms with Crippen molar-refractivity contribution in [1.29, 1.82) is 0 Å². The van der Waals surface area contributed by atoms with Gasteiger partial charge in [0, 0.05) is 51.1 Å². The van der Waals surface area contributed by atoms with Crippen molar-refractivity contribution in [3.63, 3.8) is 0 Å². The van der Waals surface area contributed by atoms with Crippen LogP contribution in [0.1, 0.15) is 56.5 Å². The smallest absolute Gasteiger partial charge is 0.261 e. The van der Waals surface area contributed by atoms with Crippen LogP contribution in [0, 0.1) is 0 Å². The number of benzene rings is 2. The zero-order valence-electron chi connectivity index (χ0n) is 21.0. The number of hydrogen-bond acceptors (Lipinski definition) is 5. The Morgan fingerprint density at radius 1 is 1.09 bits per heavy atom. The molecule has 2 aromatic rings. The fraction of sp³-hybridized carbons (Fsp3) is 0.500. The first-order chi connectivity index (χ1) is 16.0. The molecule has 0 aliphatic carbocycles. The van der Waals surface area contributed by atoms with E-state index in [9.17, 15) is 13.2 Å². The van der Waals surface area contributed by atoms with Crippen LogP contribution in [0.5, 0.6) is 0 Å². The van der Waals surface area contributed by atoms with Gasteiger partial charge < -0.3 is 15.1 Å². The van der Waals surface area contributed by atoms with Crippen LogP contribution in [-0.4, -0.2) is 59.0 Å². The van der Waals surface area contributed by atoms with Gasteiger partial charge in [-0.1, -0.05) is 46.2 Å². The average Bonchev–Trinajstić information content (AvgIpc) is 2.82. The van der Waals surface area contributed by atoms with Crippen LogP contribution < -0.4 is 14.9 Å². The third-order valence-corrected chi connectivity index (χ3v) is 7.56. The van der Waals surface area contributed by atoms with Crippen LogP contribution in [0.25, 0.3) is 0 Å². The van der Waals surface area contributed by atoms with Crippen molar-refractivity contribution in [2.75, 3.05) is 49.4 Å². The highest BCUT2D eigenvalue weighted by molar-refractivity contribution is 7.92. The maximum Gasteiger partial charge on any atom is 0.261 e. The lowest BCUT2D eigenvalue weighted by Gasteiger charge is -2.32. The number of carbonyl (C=O) groups is 1. The molecule has 0 bridgehead atoms. The molecule has 1 fully saturated rings. The van der Waals surface area contributed by atoms with Gasteiger partial charge >= 0.3 is 0 Å². The Balaban J connectivity index is 1.91. The standard InChI is InChI=1S/C26H38N4O3S/c1-6-7-16-29(5)25(31)23-19-21(10-13-24(23)30-17-14-27-15-18-30)28-34(32,33)22-11-8-20(9-12-22)26(2,3)4/h8-13,19,27-28H,6-7,14-18H2,1-5H3. The van der Waals surface area contributed by atoms with Crippen molar-refractivity contribution in [3.8, 4) is 0 Å². The van der Waals surface area contributed by atoms with Crippen LogP contribution in [0.4, 0.5) is 11.4 Å². The Labute approximate surface area is 204 Å². The number of hydrogen-bond donors (Lipinski definition) is 2. The minimum absolute atomic E-state index is 0.0609. The molecule has 0 radical (unpaired) electrons. The summed E-state index contributed by atoms with van der Waals surface area (Å²) in [4.78, 5) is 17.4. The zero-order chi connectivity index (χ0) is 24.9. The first-order valence-corrected chi connectivity index (χ1v) is 13.5. The molecule has 34 heavy (non-hydrogen) atoms. The predicted octanol–water partition coefficient (Wildman–Crippen LogP) is 4.07. The van der Waals surface area contributed by atoms with Gasteiger partial charge in [0.15, 0.2) is 0 Å². The number of carbonyl (C=O) groups excluding carboxylic acids is 1. The number of unbranched alkanes of at least 4 members (excludes halogenated alkanes) is 1. The molecule has 7 nitrogen and oxygen atoms in total. The third-order valence-electron chi connectivity index (χ3n) is 6.16. The molecular weight excluding hydrogens is 448 g/mol. The van der Waals surface area contributed by atoms with E-state index in [2.05, 4.69) is 42.6 Å². The minimum Gasteiger partial charge on any atom is -0.368 e. The van der Waals surface area contributed by atoms with Gasteiger partial charge in [-0.2, -0.15) is 0 Å². The van der Waals surface area contributed by atoms with Crippen LogP contribution in [0.15, 0.2) is 47.4 Å². The van der Waals surface area contributed by atoms with Gasteiger partial charge in [-0.25, -0.2) is 8.42 Å². The molecule has 186 valence electrons. The van der Waals surface area contributed by atoms with Gasteiger partial charge in [0.05, 0.1) is 10.5 Å². The van der Waals surface area contributed by atoms with Crippen molar-refractivity contribution in [2.24, 2.45) is 0 Å². The van der Waals surface area contributed by atoms with Crippen molar-refractivity contribution >= 4 is 27.3 Å². The quantitative estimate of drug-likeness (QED) is 0.588. The van der Waals surface area contributed by atoms with E-state index in [0.29, 0.717) is 17.8 Å². The first-order valence-electron chi connectivity index (χ1n) is 12.0. The number of rotatable bonds is 8. The van der Waals surface area contributed by atoms with Crippen LogP contribution >= 0.6 is 0 Å². The van der Waals surface area contributed by atoms with Gasteiger partial charge in [0.2, 0.25) is 0 Å². The van der Waals surface area contributed by atoms with Crippen molar-refractivity contribution in [3.05, 3.63) is 53.6 Å². The lowest BCUT2D eigenvalue weighted by Crippen LogP contribution is -2.44. The Hall–Kier alpha value is -2.58. The summed E-state index contributed by atoms with van der Waals surface area (Å²) >= 11 is 0. The molecule has 0 spiro atoms. The largest absolute Gasteiger partial charge is 0.368 e. The molecule has 1 amide bonds. The lowest BCUT2D eigenvalue weighted by molar-refractivity contribution is 0.0794. The van der Waals surface area contributed by atoms with Crippen LogP contribution in [0.3, 0.4) is 0 Å². The summed E-state index contributed by atoms with van der Waals surface area (Å²) < 4.78 is 28.8. The fourth-order valence-corrected chi connectivity index (χ4v) is 5.05. The Kier molecular flexibility index (Phi) is 8.25. The Morgan fingerprint density at radius 2 is 1.74 bits per heavy atom. The van der Waals surface area contributed by atoms with Gasteiger partial charge in [-0.15, -0.1) is 0 Å². The van der Waals surface area contributed by atoms with Crippen LogP contribution in [0.2, 0.25) is 0 Å². The lowest BCUT2D eigenvalue weighted by atomic mass is 9.87. The third kappa shape index (κ3) is 6.30. The molecule has 0 aromatic heterocycles. The van der Waals surface area contributed by atoms with E-state index in [1.54, 1.807) is 36.2 Å². The van der Waals surface area contributed by atoms with E-state index in [4.69, 9.17) is 0 Å². The molecule has 8 heteroatoms. The van der Waals surface area contributed by atoms with Gasteiger partial charge in [-0.05, 0) is 47.7 Å². The molecule has 3 rings (SSSR count). The molecule has 2 N–H and O–H groups in total. The summed E-state index contributed by atoms with van der Waals surface area (Å²) in [5, 5.41) is 3.33. The number of sulfonamides is 1. The summed E-state index contributed by atoms with van der Waals surface area (Å²) in [5.41, 5.74) is 2.74. The maximum absolute atomic E-state index is 13.3. The molecule has 2 aromatic carbocycles. The van der Waals surface area contributed by atoms with E-state index in [-0.39, 0.29) is 16.2 Å². The van der Waals surface area contributed by atoms with E-state index in [1.165, 1.54) is 0 Å². The van der Waals surface area contributed by atoms with E-state index in [1.807, 2.05) is 18.2 Å². The SMILES string of the molecule is CCCCN(C)C(=O)c1cc(NS(=O)(=O)c2ccc(C(C)(C)C)cc2)ccc1N1CCNCC1. The van der Waals surface area contributed by atoms with E-state index in [0.717, 1.165) is 50.3 Å². The summed E-state index contributed by atoms with van der Waals surface area (Å²) in [7, 11) is -1.99. The average molecular weight is 487 g/mol. The van der Waals surface area contributed by atoms with E-state index < -0.39 is 10.0 Å². The molecule has 1 saturated heterocycles. The van der Waals surface area contributed by atoms with Crippen molar-refractivity contribution in [1.82, 2.24) is 10.2 Å². The number of amides is 1. The number of nitrogens with zero attached hydrogens (tertiary/aromatic N) is 2. The predicted molar refractivity (Wildman–Crippen MR) is 139 cm³/mol. The monoisotopic (exact) mass is 486 g/mol. The molecule has 0 unspecified atom stereocenters.